The lowest BCUT2D eigenvalue weighted by Crippen LogP contribution is -2.55. The van der Waals surface area contributed by atoms with Gasteiger partial charge in [-0.25, -0.2) is 14.6 Å². The molecule has 1 aliphatic rings. The Labute approximate surface area is 227 Å². The van der Waals surface area contributed by atoms with Crippen molar-refractivity contribution >= 4 is 77.4 Å². The molecule has 1 N–H and O–H groups in total. The van der Waals surface area contributed by atoms with E-state index in [1.54, 1.807) is 66.7 Å². The molecule has 2 atom stereocenters. The molecule has 4 aromatic rings. The first kappa shape index (κ1) is 25.0. The summed E-state index contributed by atoms with van der Waals surface area (Å²) in [7, 11) is 0. The summed E-state index contributed by atoms with van der Waals surface area (Å²) in [5.74, 6) is -2.73. The lowest BCUT2D eigenvalue weighted by Gasteiger charge is -2.35. The zero-order chi connectivity index (χ0) is 26.3. The van der Waals surface area contributed by atoms with Gasteiger partial charge in [0.15, 0.2) is 0 Å². The average Bonchev–Trinajstić information content (AvgIpc) is 3.24. The summed E-state index contributed by atoms with van der Waals surface area (Å²) in [5.41, 5.74) is 1.71. The molecule has 0 saturated carbocycles. The van der Waals surface area contributed by atoms with Crippen LogP contribution in [0.2, 0.25) is 0 Å². The zero-order valence-electron chi connectivity index (χ0n) is 19.1. The van der Waals surface area contributed by atoms with Gasteiger partial charge in [0.2, 0.25) is 16.3 Å². The number of esters is 1. The van der Waals surface area contributed by atoms with Gasteiger partial charge in [-0.3, -0.25) is 14.5 Å². The van der Waals surface area contributed by atoms with E-state index in [1.807, 2.05) is 6.07 Å². The molecule has 5 rings (SSSR count). The SMILES string of the molecule is O=C(Oc1ccccc1)c1c2ccccc2nc2cc(C(Br)C(Br)(C(=O)O)N3C(=O)CCC3=O)ccc12. The molecule has 0 bridgehead atoms. The van der Waals surface area contributed by atoms with Crippen LogP contribution in [0.3, 0.4) is 0 Å². The number of carboxylic acid groups (broad SMARTS) is 1. The number of hydrogen-bond donors (Lipinski definition) is 1. The third-order valence-electron chi connectivity index (χ3n) is 6.17. The van der Waals surface area contributed by atoms with E-state index in [2.05, 4.69) is 36.8 Å². The maximum absolute atomic E-state index is 13.3. The Morgan fingerprint density at radius 2 is 1.54 bits per heavy atom. The Hall–Kier alpha value is -3.63. The molecule has 2 unspecified atom stereocenters. The minimum Gasteiger partial charge on any atom is -0.479 e. The first-order chi connectivity index (χ1) is 17.7. The van der Waals surface area contributed by atoms with E-state index >= 15 is 0 Å². The van der Waals surface area contributed by atoms with E-state index in [0.717, 1.165) is 4.90 Å². The van der Waals surface area contributed by atoms with Gasteiger partial charge in [-0.05, 0) is 45.8 Å². The Bertz CT molecular complexity index is 1580. The Kier molecular flexibility index (Phi) is 6.55. The molecule has 2 heterocycles. The molecule has 0 spiro atoms. The fraction of sp³-hybridized carbons (Fsp3) is 0.148. The van der Waals surface area contributed by atoms with Crippen molar-refractivity contribution in [2.75, 3.05) is 0 Å². The first-order valence-electron chi connectivity index (χ1n) is 11.2. The van der Waals surface area contributed by atoms with Crippen molar-refractivity contribution in [3.8, 4) is 5.75 Å². The minimum atomic E-state index is -2.06. The molecule has 37 heavy (non-hydrogen) atoms. The molecule has 8 nitrogen and oxygen atoms in total. The van der Waals surface area contributed by atoms with Crippen LogP contribution in [0, 0.1) is 0 Å². The van der Waals surface area contributed by atoms with Crippen LogP contribution in [0.5, 0.6) is 5.75 Å². The second-order valence-electron chi connectivity index (χ2n) is 8.45. The van der Waals surface area contributed by atoms with Crippen molar-refractivity contribution in [1.82, 2.24) is 9.88 Å². The predicted molar refractivity (Wildman–Crippen MR) is 143 cm³/mol. The summed E-state index contributed by atoms with van der Waals surface area (Å²) >= 11 is 6.59. The van der Waals surface area contributed by atoms with Gasteiger partial charge >= 0.3 is 11.9 Å². The molecule has 1 aromatic heterocycles. The summed E-state index contributed by atoms with van der Waals surface area (Å²) < 4.78 is 3.57. The number of para-hydroxylation sites is 2. The topological polar surface area (TPSA) is 114 Å². The smallest absolute Gasteiger partial charge is 0.344 e. The van der Waals surface area contributed by atoms with Crippen molar-refractivity contribution in [2.24, 2.45) is 0 Å². The van der Waals surface area contributed by atoms with Crippen molar-refractivity contribution in [2.45, 2.75) is 22.1 Å². The number of halogens is 2. The van der Waals surface area contributed by atoms with Crippen molar-refractivity contribution in [3.05, 3.63) is 83.9 Å². The average molecular weight is 626 g/mol. The Morgan fingerprint density at radius 1 is 0.919 bits per heavy atom. The van der Waals surface area contributed by atoms with Gasteiger partial charge in [-0.1, -0.05) is 64.5 Å². The van der Waals surface area contributed by atoms with E-state index in [-0.39, 0.29) is 12.8 Å². The number of rotatable bonds is 6. The fourth-order valence-corrected chi connectivity index (χ4v) is 5.76. The van der Waals surface area contributed by atoms with Crippen LogP contribution in [0.15, 0.2) is 72.8 Å². The number of fused-ring (bicyclic) bond motifs is 2. The van der Waals surface area contributed by atoms with Crippen molar-refractivity contribution in [1.29, 1.82) is 0 Å². The minimum absolute atomic E-state index is 0.0582. The first-order valence-corrected chi connectivity index (χ1v) is 12.9. The summed E-state index contributed by atoms with van der Waals surface area (Å²) in [6, 6.07) is 20.8. The lowest BCUT2D eigenvalue weighted by atomic mass is 9.98. The number of aliphatic carboxylic acids is 1. The van der Waals surface area contributed by atoms with Gasteiger partial charge < -0.3 is 9.84 Å². The molecule has 1 aliphatic heterocycles. The number of benzene rings is 3. The number of carbonyl (C=O) groups excluding carboxylic acids is 3. The molecule has 1 fully saturated rings. The summed E-state index contributed by atoms with van der Waals surface area (Å²) in [6.45, 7) is 0. The molecule has 3 aromatic carbocycles. The highest BCUT2D eigenvalue weighted by Gasteiger charge is 2.55. The fourth-order valence-electron chi connectivity index (χ4n) is 4.41. The number of ether oxygens (including phenoxy) is 1. The highest BCUT2D eigenvalue weighted by molar-refractivity contribution is 9.12. The number of likely N-dealkylation sites (tertiary alicyclic amines) is 1. The maximum Gasteiger partial charge on any atom is 0.344 e. The number of imide groups is 1. The summed E-state index contributed by atoms with van der Waals surface area (Å²) in [4.78, 5) is 55.0. The molecular weight excluding hydrogens is 608 g/mol. The highest BCUT2D eigenvalue weighted by Crippen LogP contribution is 2.46. The van der Waals surface area contributed by atoms with Gasteiger partial charge in [0.05, 0.1) is 21.4 Å². The van der Waals surface area contributed by atoms with Crippen LogP contribution in [0.4, 0.5) is 0 Å². The van der Waals surface area contributed by atoms with E-state index in [9.17, 15) is 24.3 Å². The molecule has 0 aliphatic carbocycles. The van der Waals surface area contributed by atoms with E-state index in [4.69, 9.17) is 4.74 Å². The van der Waals surface area contributed by atoms with Crippen molar-refractivity contribution in [3.63, 3.8) is 0 Å². The quantitative estimate of drug-likeness (QED) is 0.0765. The third-order valence-corrected chi connectivity index (χ3v) is 9.13. The van der Waals surface area contributed by atoms with E-state index < -0.39 is 33.0 Å². The van der Waals surface area contributed by atoms with E-state index in [1.165, 1.54) is 0 Å². The van der Waals surface area contributed by atoms with Crippen LogP contribution in [-0.4, -0.2) is 43.2 Å². The molecule has 0 radical (unpaired) electrons. The number of carboxylic acids is 1. The molecule has 186 valence electrons. The second-order valence-corrected chi connectivity index (χ2v) is 10.6. The number of nitrogens with zero attached hydrogens (tertiary/aromatic N) is 2. The molecule has 2 amide bonds. The highest BCUT2D eigenvalue weighted by atomic mass is 79.9. The molecule has 10 heteroatoms. The normalized spacial score (nSPS) is 16.1. The largest absolute Gasteiger partial charge is 0.479 e. The second kappa shape index (κ2) is 9.68. The van der Waals surface area contributed by atoms with Gasteiger partial charge in [-0.2, -0.15) is 0 Å². The van der Waals surface area contributed by atoms with Crippen LogP contribution in [0.25, 0.3) is 21.8 Å². The van der Waals surface area contributed by atoms with Crippen LogP contribution in [0.1, 0.15) is 33.6 Å². The summed E-state index contributed by atoms with van der Waals surface area (Å²) in [5, 5.41) is 11.2. The number of pyridine rings is 1. The van der Waals surface area contributed by atoms with Crippen LogP contribution in [-0.2, 0) is 14.4 Å². The van der Waals surface area contributed by atoms with Crippen LogP contribution < -0.4 is 4.74 Å². The van der Waals surface area contributed by atoms with Crippen molar-refractivity contribution < 1.29 is 29.0 Å². The van der Waals surface area contributed by atoms with Crippen LogP contribution >= 0.6 is 31.9 Å². The van der Waals surface area contributed by atoms with Gasteiger partial charge in [0.25, 0.3) is 0 Å². The standard InChI is InChI=1S/C27H18Br2N2O6/c28-24(27(29,26(35)36)31-21(32)12-13-22(31)33)15-10-11-18-20(14-15)30-19-9-5-4-8-17(19)23(18)25(34)37-16-6-2-1-3-7-16/h1-11,14,24H,12-13H2,(H,35,36). The molecule has 1 saturated heterocycles. The Morgan fingerprint density at radius 3 is 2.22 bits per heavy atom. The molecular formula is C27H18Br2N2O6. The van der Waals surface area contributed by atoms with Gasteiger partial charge in [-0.15, -0.1) is 0 Å². The van der Waals surface area contributed by atoms with Gasteiger partial charge in [0, 0.05) is 23.6 Å². The number of amides is 2. The number of carbonyl (C=O) groups is 4. The zero-order valence-corrected chi connectivity index (χ0v) is 22.2. The number of hydrogen-bond acceptors (Lipinski definition) is 6. The predicted octanol–water partition coefficient (Wildman–Crippen LogP) is 5.37. The maximum atomic E-state index is 13.3. The van der Waals surface area contributed by atoms with E-state index in [0.29, 0.717) is 38.7 Å². The Balaban J connectivity index is 1.64. The number of alkyl halides is 2. The lowest BCUT2D eigenvalue weighted by molar-refractivity contribution is -0.156. The monoisotopic (exact) mass is 624 g/mol. The number of aromatic nitrogens is 1. The van der Waals surface area contributed by atoms with Gasteiger partial charge in [0.1, 0.15) is 5.75 Å². The third kappa shape index (κ3) is 4.30. The summed E-state index contributed by atoms with van der Waals surface area (Å²) in [6.07, 6.45) is -0.116.